The van der Waals surface area contributed by atoms with Crippen LogP contribution in [-0.4, -0.2) is 58.1 Å². The summed E-state index contributed by atoms with van der Waals surface area (Å²) in [5, 5.41) is 3.75. The summed E-state index contributed by atoms with van der Waals surface area (Å²) in [6, 6.07) is 118. The minimum Gasteiger partial charge on any atom is -0.308 e. The topological polar surface area (TPSA) is 123 Å². The zero-order chi connectivity index (χ0) is 104. The number of benzene rings is 15. The molecule has 4 aliphatic carbocycles. The van der Waals surface area contributed by atoms with Gasteiger partial charge in [-0.2, -0.15) is 9.97 Å². The van der Waals surface area contributed by atoms with Crippen LogP contribution >= 0.6 is 0 Å². The van der Waals surface area contributed by atoms with Gasteiger partial charge in [0.15, 0.2) is 34.9 Å². The molecule has 29 rings (SSSR count). The normalized spacial score (nSPS) is 14.0. The van der Waals surface area contributed by atoms with E-state index in [9.17, 15) is 22.0 Å². The Morgan fingerprint density at radius 3 is 0.959 bits per heavy atom. The van der Waals surface area contributed by atoms with Gasteiger partial charge in [-0.15, -0.1) is 0 Å². The van der Waals surface area contributed by atoms with Crippen molar-refractivity contribution < 1.29 is 28.8 Å². The van der Waals surface area contributed by atoms with E-state index in [1.165, 1.54) is 83.9 Å². The van der Waals surface area contributed by atoms with E-state index in [1.54, 1.807) is 35.0 Å². The second kappa shape index (κ2) is 35.2. The van der Waals surface area contributed by atoms with E-state index >= 15 is 0 Å². The molecule has 0 radical (unpaired) electrons. The zero-order valence-electron chi connectivity index (χ0n) is 86.2. The van der Waals surface area contributed by atoms with Crippen molar-refractivity contribution in [2.45, 2.75) is 77.0 Å². The number of halogens is 5. The Kier molecular flexibility index (Phi) is 20.3. The molecule has 0 saturated carbocycles. The Morgan fingerprint density at radius 2 is 0.544 bits per heavy atom. The van der Waals surface area contributed by atoms with Crippen LogP contribution < -0.4 is 0 Å². The van der Waals surface area contributed by atoms with E-state index in [0.29, 0.717) is 39.5 Å². The molecule has 0 unspecified atom stereocenters. The molecule has 0 aliphatic heterocycles. The van der Waals surface area contributed by atoms with E-state index in [-0.39, 0.29) is 57.0 Å². The maximum Gasteiger partial charge on any atom is 0.238 e. The Morgan fingerprint density at radius 1 is 0.231 bits per heavy atom. The van der Waals surface area contributed by atoms with Gasteiger partial charge in [0.25, 0.3) is 0 Å². The van der Waals surface area contributed by atoms with Gasteiger partial charge in [0.2, 0.25) is 11.8 Å². The van der Waals surface area contributed by atoms with Crippen LogP contribution in [0.4, 0.5) is 22.0 Å². The fraction of sp³-hybridized carbons (Fsp3) is 0.0923. The predicted molar refractivity (Wildman–Crippen MR) is 584 cm³/mol. The van der Waals surface area contributed by atoms with Crippen molar-refractivity contribution in [1.29, 1.82) is 0 Å². The third-order valence-corrected chi connectivity index (χ3v) is 29.9. The van der Waals surface area contributed by atoms with Crippen LogP contribution in [0.15, 0.2) is 419 Å². The lowest BCUT2D eigenvalue weighted by molar-refractivity contribution is 0.376. The number of rotatable bonds is 8. The second-order valence-electron chi connectivity index (χ2n) is 39.6. The first-order chi connectivity index (χ1) is 73.6. The molecule has 0 N–H and O–H groups in total. The van der Waals surface area contributed by atoms with E-state index in [0.717, 1.165) is 115 Å². The molecular formula is C130H93F5N12. The molecule has 10 aromatic heterocycles. The van der Waals surface area contributed by atoms with Gasteiger partial charge in [-0.1, -0.05) is 304 Å². The van der Waals surface area contributed by atoms with Crippen LogP contribution in [0.5, 0.6) is 0 Å². The molecule has 15 aromatic carbocycles. The Balaban J connectivity index is 0.000000103. The number of hydrogen-bond donors (Lipinski definition) is 0. The first-order valence-corrected chi connectivity index (χ1v) is 48.9. The van der Waals surface area contributed by atoms with E-state index < -0.39 is 40.8 Å². The molecule has 17 heteroatoms. The van der Waals surface area contributed by atoms with Crippen molar-refractivity contribution in [2.75, 3.05) is 0 Å². The van der Waals surface area contributed by atoms with Gasteiger partial charge >= 0.3 is 0 Å². The summed E-state index contributed by atoms with van der Waals surface area (Å²) in [5.74, 6) is -8.11. The molecule has 25 aromatic rings. The maximum absolute atomic E-state index is 14.9. The average Bonchev–Trinajstić information content (AvgIpc) is 1.55. The summed E-state index contributed by atoms with van der Waals surface area (Å²) in [7, 11) is 0. The van der Waals surface area contributed by atoms with E-state index in [4.69, 9.17) is 31.8 Å². The lowest BCUT2D eigenvalue weighted by atomic mass is 9.81. The van der Waals surface area contributed by atoms with Gasteiger partial charge < -0.3 is 13.7 Å². The molecule has 0 spiro atoms. The largest absolute Gasteiger partial charge is 0.308 e. The first kappa shape index (κ1) is 84.6. The standard InChI is InChI=1S/C37H27N3.C35H25N5.C26H15F5N2.C26H20N2.C6H6/c1-37(2)32-20-26(24-8-4-3-5-9-24)14-17-29(32)30-22-35-31(21-33(30)37)36-34(11-7-19-39-36)40(35)28-15-12-25(13-16-28)27-10-6-18-38-23-27;1-35(2)27-17-10-9-16-24(27)25-21-30-26(20-28(25)35)31-29(18-11-19-36-31)40(30)34-38-32(22-12-5-3-6-13-22)37-33(39-34)23-14-7-4-8-15-23;1-26(2)15-7-4-3-6-12(15)13-11-18-14(10-16(13)26)24-17(8-5-9-32-24)33(18)25-22(30)20(28)19(27)21(29)23(25)31;1-26(2)21-12-7-6-11-18(21)19-16-24-20(15-22(19)26)25-23(13-8-14-27-25)28(24)17-9-4-3-5-10-17;1-2-4-6-5-3-1/h3-23H,1-2H3;3-21H,1-2H3;3-11H,1-2H3;3-16H,1-2H3;1-6H/i;;;3D,4D,5D,9D,10D;. The smallest absolute Gasteiger partial charge is 0.238 e. The van der Waals surface area contributed by atoms with Crippen molar-refractivity contribution in [3.8, 4) is 113 Å². The van der Waals surface area contributed by atoms with Crippen molar-refractivity contribution in [1.82, 2.24) is 58.1 Å². The van der Waals surface area contributed by atoms with Gasteiger partial charge in [0.05, 0.1) is 73.1 Å². The van der Waals surface area contributed by atoms with Gasteiger partial charge in [0.1, 0.15) is 5.69 Å². The van der Waals surface area contributed by atoms with Crippen molar-refractivity contribution in [3.63, 3.8) is 0 Å². The molecule has 0 atom stereocenters. The van der Waals surface area contributed by atoms with Crippen LogP contribution in [0.1, 0.15) is 107 Å². The molecule has 12 nitrogen and oxygen atoms in total. The number of nitrogens with zero attached hydrogens (tertiary/aromatic N) is 12. The fourth-order valence-corrected chi connectivity index (χ4v) is 22.7. The lowest BCUT2D eigenvalue weighted by Crippen LogP contribution is -2.15. The molecular weight excluding hydrogens is 1820 g/mol. The zero-order valence-corrected chi connectivity index (χ0v) is 81.2. The monoisotopic (exact) mass is 1920 g/mol. The number of pyridine rings is 5. The van der Waals surface area contributed by atoms with Gasteiger partial charge in [0, 0.05) is 103 Å². The summed E-state index contributed by atoms with van der Waals surface area (Å²) < 4.78 is 121. The molecule has 4 aliphatic rings. The average molecular weight is 1920 g/mol. The van der Waals surface area contributed by atoms with Crippen molar-refractivity contribution >= 4 is 87.7 Å². The second-order valence-corrected chi connectivity index (χ2v) is 39.6. The molecule has 0 bridgehead atoms. The number of hydrogen-bond acceptors (Lipinski definition) is 8. The summed E-state index contributed by atoms with van der Waals surface area (Å²) >= 11 is 0. The van der Waals surface area contributed by atoms with E-state index in [2.05, 4.69) is 249 Å². The quantitative estimate of drug-likeness (QED) is 0.0837. The highest BCUT2D eigenvalue weighted by atomic mass is 19.2. The van der Waals surface area contributed by atoms with Gasteiger partial charge in [-0.25, -0.2) is 26.9 Å². The Hall–Kier alpha value is -18.1. The van der Waals surface area contributed by atoms with Gasteiger partial charge in [-0.05, 0) is 245 Å². The van der Waals surface area contributed by atoms with Crippen LogP contribution in [-0.2, 0) is 21.7 Å². The number of fused-ring (bicyclic) bond motifs is 24. The lowest BCUT2D eigenvalue weighted by Gasteiger charge is -2.22. The molecule has 708 valence electrons. The summed E-state index contributed by atoms with van der Waals surface area (Å²) in [6.07, 6.45) is 10.7. The third-order valence-electron chi connectivity index (χ3n) is 29.9. The summed E-state index contributed by atoms with van der Waals surface area (Å²) in [4.78, 5) is 38.0. The van der Waals surface area contributed by atoms with Crippen LogP contribution in [0.3, 0.4) is 0 Å². The highest BCUT2D eigenvalue weighted by Crippen LogP contribution is 2.57. The van der Waals surface area contributed by atoms with Crippen LogP contribution in [0, 0.1) is 29.1 Å². The Labute approximate surface area is 851 Å². The molecule has 0 amide bonds. The van der Waals surface area contributed by atoms with E-state index in [1.807, 2.05) is 183 Å². The number of para-hydroxylation sites is 1. The van der Waals surface area contributed by atoms with Crippen molar-refractivity contribution in [3.05, 3.63) is 493 Å². The highest BCUT2D eigenvalue weighted by Gasteiger charge is 2.42. The number of aromatic nitrogens is 12. The fourth-order valence-electron chi connectivity index (χ4n) is 22.7. The van der Waals surface area contributed by atoms with Gasteiger partial charge in [-0.3, -0.25) is 29.5 Å². The highest BCUT2D eigenvalue weighted by molar-refractivity contribution is 6.14. The SMILES string of the molecule is CC1(C)c2cc(-c3ccccc3)ccc2-c2cc3c(cc21)c1ncccc1n3-c1ccc(-c2cccnc2)cc1.CC1(C)c2ccccc2-c2cc3c(cc21)c1ncccc1n3-c1c(F)c(F)c(F)c(F)c1F.CC1(C)c2ccccc2-c2cc3c(cc21)c1ncccc1n3-c1nc(-c2ccccc2)nc(-c2ccccc2)n1.[2H]c1c([2H])c([2H])c(-n2c3cc4c(cc3c3ncccc32)C(C)(C)c2ccccc2-4)c([2H])c1[2H].c1ccccc1. The summed E-state index contributed by atoms with van der Waals surface area (Å²) in [5.41, 5.74) is 34.8. The summed E-state index contributed by atoms with van der Waals surface area (Å²) in [6.45, 7) is 17.9. The minimum atomic E-state index is -2.19. The minimum absolute atomic E-state index is 0.0998. The molecule has 0 fully saturated rings. The predicted octanol–water partition coefficient (Wildman–Crippen LogP) is 32.6. The molecule has 0 saturated heterocycles. The molecule has 147 heavy (non-hydrogen) atoms. The third kappa shape index (κ3) is 14.7. The van der Waals surface area contributed by atoms with Crippen LogP contribution in [0.25, 0.3) is 200 Å². The Bertz CT molecular complexity index is 9560. The molecule has 10 heterocycles. The maximum atomic E-state index is 14.9. The van der Waals surface area contributed by atoms with Crippen LogP contribution in [0.2, 0.25) is 0 Å². The van der Waals surface area contributed by atoms with Crippen molar-refractivity contribution in [2.24, 2.45) is 0 Å². The first-order valence-electron chi connectivity index (χ1n) is 51.4.